The molecule has 1 aromatic rings. The van der Waals surface area contributed by atoms with Crippen molar-refractivity contribution in [1.82, 2.24) is 0 Å². The number of sulfone groups is 1. The van der Waals surface area contributed by atoms with Crippen LogP contribution in [-0.2, 0) is 15.6 Å². The fourth-order valence-corrected chi connectivity index (χ4v) is 1.93. The highest BCUT2D eigenvalue weighted by atomic mass is 32.2. The summed E-state index contributed by atoms with van der Waals surface area (Å²) in [6, 6.07) is 6.48. The fraction of sp³-hybridized carbons (Fsp3) is 0.222. The maximum Gasteiger partial charge on any atom is 0.170 e. The van der Waals surface area contributed by atoms with Gasteiger partial charge in [-0.1, -0.05) is 29.4 Å². The van der Waals surface area contributed by atoms with Crippen LogP contribution < -0.4 is 5.73 Å². The Morgan fingerprint density at radius 2 is 1.93 bits per heavy atom. The maximum absolute atomic E-state index is 11.0. The Hall–Kier alpha value is -1.56. The van der Waals surface area contributed by atoms with E-state index in [-0.39, 0.29) is 11.6 Å². The molecule has 15 heavy (non-hydrogen) atoms. The number of rotatable bonds is 3. The third-order valence-electron chi connectivity index (χ3n) is 1.79. The summed E-state index contributed by atoms with van der Waals surface area (Å²) in [5, 5.41) is 11.3. The first-order chi connectivity index (χ1) is 6.92. The molecule has 6 heteroatoms. The number of amidine groups is 1. The van der Waals surface area contributed by atoms with Crippen LogP contribution in [0.5, 0.6) is 0 Å². The summed E-state index contributed by atoms with van der Waals surface area (Å²) in [4.78, 5) is 0. The van der Waals surface area contributed by atoms with E-state index in [1.54, 1.807) is 24.3 Å². The van der Waals surface area contributed by atoms with Crippen LogP contribution in [0.25, 0.3) is 0 Å². The largest absolute Gasteiger partial charge is 0.409 e. The molecule has 0 aliphatic heterocycles. The second-order valence-electron chi connectivity index (χ2n) is 3.25. The van der Waals surface area contributed by atoms with E-state index >= 15 is 0 Å². The zero-order chi connectivity index (χ0) is 11.5. The molecule has 0 saturated carbocycles. The normalized spacial score (nSPS) is 12.7. The molecule has 0 aliphatic rings. The van der Waals surface area contributed by atoms with Crippen molar-refractivity contribution in [3.63, 3.8) is 0 Å². The molecule has 0 amide bonds. The molecule has 1 aromatic carbocycles. The molecule has 5 nitrogen and oxygen atoms in total. The highest BCUT2D eigenvalue weighted by Gasteiger charge is 2.05. The lowest BCUT2D eigenvalue weighted by Crippen LogP contribution is -2.13. The van der Waals surface area contributed by atoms with Crippen LogP contribution in [0.1, 0.15) is 11.1 Å². The van der Waals surface area contributed by atoms with Gasteiger partial charge in [0.05, 0.1) is 5.75 Å². The van der Waals surface area contributed by atoms with E-state index in [0.29, 0.717) is 11.1 Å². The Morgan fingerprint density at radius 1 is 1.40 bits per heavy atom. The van der Waals surface area contributed by atoms with Crippen molar-refractivity contribution < 1.29 is 13.6 Å². The summed E-state index contributed by atoms with van der Waals surface area (Å²) < 4.78 is 22.0. The fourth-order valence-electron chi connectivity index (χ4n) is 1.13. The molecule has 0 unspecified atom stereocenters. The topological polar surface area (TPSA) is 92.8 Å². The molecule has 0 heterocycles. The van der Waals surface area contributed by atoms with Crippen molar-refractivity contribution in [3.8, 4) is 0 Å². The van der Waals surface area contributed by atoms with Crippen LogP contribution in [0.15, 0.2) is 29.4 Å². The van der Waals surface area contributed by atoms with Gasteiger partial charge in [-0.25, -0.2) is 8.42 Å². The maximum atomic E-state index is 11.0. The van der Waals surface area contributed by atoms with Crippen molar-refractivity contribution in [2.45, 2.75) is 5.75 Å². The van der Waals surface area contributed by atoms with E-state index in [9.17, 15) is 8.42 Å². The van der Waals surface area contributed by atoms with Gasteiger partial charge < -0.3 is 10.9 Å². The number of nitrogens with two attached hydrogens (primary N) is 1. The molecule has 1 rings (SSSR count). The van der Waals surface area contributed by atoms with E-state index in [4.69, 9.17) is 10.9 Å². The quantitative estimate of drug-likeness (QED) is 0.337. The molecule has 0 bridgehead atoms. The Morgan fingerprint density at radius 3 is 2.33 bits per heavy atom. The lowest BCUT2D eigenvalue weighted by Gasteiger charge is -2.01. The first kappa shape index (κ1) is 11.5. The molecule has 0 fully saturated rings. The predicted octanol–water partition coefficient (Wildman–Crippen LogP) is 0.326. The van der Waals surface area contributed by atoms with E-state index in [1.807, 2.05) is 0 Å². The minimum Gasteiger partial charge on any atom is -0.409 e. The zero-order valence-corrected chi connectivity index (χ0v) is 9.03. The Labute approximate surface area is 88.1 Å². The van der Waals surface area contributed by atoms with Gasteiger partial charge in [0.25, 0.3) is 0 Å². The van der Waals surface area contributed by atoms with Crippen molar-refractivity contribution >= 4 is 15.7 Å². The minimum atomic E-state index is -3.03. The molecule has 0 aliphatic carbocycles. The predicted molar refractivity (Wildman–Crippen MR) is 57.5 cm³/mol. The van der Waals surface area contributed by atoms with Crippen LogP contribution in [0, 0.1) is 0 Å². The third-order valence-corrected chi connectivity index (χ3v) is 2.64. The second kappa shape index (κ2) is 4.31. The molecular formula is C9H12N2O3S. The van der Waals surface area contributed by atoms with Crippen molar-refractivity contribution in [2.24, 2.45) is 10.9 Å². The lowest BCUT2D eigenvalue weighted by atomic mass is 10.1. The number of hydrogen-bond donors (Lipinski definition) is 2. The standard InChI is InChI=1S/C9H12N2O3S/c1-15(13,14)6-7-2-4-8(5-3-7)9(10)11-12/h2-5,12H,6H2,1H3,(H2,10,11). The Balaban J connectivity index is 2.91. The van der Waals surface area contributed by atoms with Gasteiger partial charge in [0.1, 0.15) is 0 Å². The van der Waals surface area contributed by atoms with E-state index in [0.717, 1.165) is 0 Å². The molecular weight excluding hydrogens is 216 g/mol. The van der Waals surface area contributed by atoms with Crippen LogP contribution >= 0.6 is 0 Å². The summed E-state index contributed by atoms with van der Waals surface area (Å²) in [6.07, 6.45) is 1.17. The average molecular weight is 228 g/mol. The van der Waals surface area contributed by atoms with E-state index < -0.39 is 9.84 Å². The molecule has 3 N–H and O–H groups in total. The van der Waals surface area contributed by atoms with E-state index in [1.165, 1.54) is 6.26 Å². The van der Waals surface area contributed by atoms with Gasteiger partial charge in [0.15, 0.2) is 15.7 Å². The lowest BCUT2D eigenvalue weighted by molar-refractivity contribution is 0.318. The summed E-state index contributed by atoms with van der Waals surface area (Å²) in [6.45, 7) is 0. The number of benzene rings is 1. The molecule has 0 saturated heterocycles. The Bertz CT molecular complexity index is 463. The van der Waals surface area contributed by atoms with Crippen LogP contribution in [0.4, 0.5) is 0 Å². The van der Waals surface area contributed by atoms with E-state index in [2.05, 4.69) is 5.16 Å². The third kappa shape index (κ3) is 3.59. The van der Waals surface area contributed by atoms with Crippen molar-refractivity contribution in [2.75, 3.05) is 6.26 Å². The summed E-state index contributed by atoms with van der Waals surface area (Å²) in [7, 11) is -3.03. The zero-order valence-electron chi connectivity index (χ0n) is 8.21. The van der Waals surface area contributed by atoms with Gasteiger partial charge >= 0.3 is 0 Å². The molecule has 0 atom stereocenters. The van der Waals surface area contributed by atoms with Crippen LogP contribution in [0.2, 0.25) is 0 Å². The highest BCUT2D eigenvalue weighted by Crippen LogP contribution is 2.07. The molecule has 0 spiro atoms. The van der Waals surface area contributed by atoms with Gasteiger partial charge in [0.2, 0.25) is 0 Å². The number of oxime groups is 1. The smallest absolute Gasteiger partial charge is 0.170 e. The summed E-state index contributed by atoms with van der Waals surface area (Å²) in [5.41, 5.74) is 6.58. The number of nitrogens with zero attached hydrogens (tertiary/aromatic N) is 1. The van der Waals surface area contributed by atoms with Gasteiger partial charge in [-0.05, 0) is 5.56 Å². The first-order valence-electron chi connectivity index (χ1n) is 4.17. The molecule has 0 aromatic heterocycles. The minimum absolute atomic E-state index is 0.000839. The molecule has 82 valence electrons. The second-order valence-corrected chi connectivity index (χ2v) is 5.39. The highest BCUT2D eigenvalue weighted by molar-refractivity contribution is 7.89. The summed E-state index contributed by atoms with van der Waals surface area (Å²) >= 11 is 0. The first-order valence-corrected chi connectivity index (χ1v) is 6.23. The summed E-state index contributed by atoms with van der Waals surface area (Å²) in [5.74, 6) is -0.00963. The van der Waals surface area contributed by atoms with Gasteiger partial charge in [-0.2, -0.15) is 0 Å². The SMILES string of the molecule is CS(=O)(=O)Cc1ccc(C(N)=NO)cc1. The number of hydrogen-bond acceptors (Lipinski definition) is 4. The van der Waals surface area contributed by atoms with Gasteiger partial charge in [0, 0.05) is 11.8 Å². The Kier molecular flexibility index (Phi) is 3.31. The van der Waals surface area contributed by atoms with Crippen molar-refractivity contribution in [3.05, 3.63) is 35.4 Å². The van der Waals surface area contributed by atoms with Crippen LogP contribution in [-0.4, -0.2) is 25.7 Å². The van der Waals surface area contributed by atoms with Crippen molar-refractivity contribution in [1.29, 1.82) is 0 Å². The average Bonchev–Trinajstić information content (AvgIpc) is 2.15. The monoisotopic (exact) mass is 228 g/mol. The van der Waals surface area contributed by atoms with Crippen LogP contribution in [0.3, 0.4) is 0 Å². The van der Waals surface area contributed by atoms with Gasteiger partial charge in [-0.15, -0.1) is 0 Å². The van der Waals surface area contributed by atoms with Gasteiger partial charge in [-0.3, -0.25) is 0 Å². The molecule has 0 radical (unpaired) electrons.